The Balaban J connectivity index is 1.25. The van der Waals surface area contributed by atoms with Gasteiger partial charge in [0, 0.05) is 19.6 Å². The number of hydrogen-bond donors (Lipinski definition) is 0. The Hall–Kier alpha value is -3.62. The average molecular weight is 490 g/mol. The number of carbonyl (C=O) groups is 2. The number of fused-ring (bicyclic) bond motifs is 7. The second-order valence-electron chi connectivity index (χ2n) is 10.8. The molecule has 9 nitrogen and oxygen atoms in total. The van der Waals surface area contributed by atoms with E-state index in [0.717, 1.165) is 11.0 Å². The van der Waals surface area contributed by atoms with Crippen LogP contribution in [0.5, 0.6) is 0 Å². The van der Waals surface area contributed by atoms with Crippen molar-refractivity contribution in [3.8, 4) is 0 Å². The van der Waals surface area contributed by atoms with Gasteiger partial charge in [0.15, 0.2) is 0 Å². The van der Waals surface area contributed by atoms with Crippen molar-refractivity contribution in [1.82, 2.24) is 14.0 Å². The van der Waals surface area contributed by atoms with E-state index in [4.69, 9.17) is 0 Å². The lowest BCUT2D eigenvalue weighted by molar-refractivity contribution is -0.140. The summed E-state index contributed by atoms with van der Waals surface area (Å²) in [5.74, 6) is -0.278. The van der Waals surface area contributed by atoms with Crippen molar-refractivity contribution >= 4 is 33.4 Å². The highest BCUT2D eigenvalue weighted by Crippen LogP contribution is 2.52. The number of rotatable bonds is 7. The maximum absolute atomic E-state index is 13.0. The van der Waals surface area contributed by atoms with Gasteiger partial charge < -0.3 is 0 Å². The van der Waals surface area contributed by atoms with Gasteiger partial charge >= 0.3 is 0 Å². The Morgan fingerprint density at radius 2 is 1.14 bits per heavy atom. The minimum atomic E-state index is -0.531. The smallest absolute Gasteiger partial charge is 0.261 e. The van der Waals surface area contributed by atoms with Crippen LogP contribution in [-0.2, 0) is 22.7 Å². The Morgan fingerprint density at radius 3 is 1.58 bits per heavy atom. The summed E-state index contributed by atoms with van der Waals surface area (Å²) in [6, 6.07) is 2.72. The molecule has 4 atom stereocenters. The van der Waals surface area contributed by atoms with Crippen LogP contribution in [0.15, 0.2) is 43.5 Å². The van der Waals surface area contributed by atoms with Crippen LogP contribution >= 0.6 is 0 Å². The van der Waals surface area contributed by atoms with E-state index in [9.17, 15) is 28.8 Å². The first-order chi connectivity index (χ1) is 17.2. The Kier molecular flexibility index (Phi) is 5.04. The zero-order valence-corrected chi connectivity index (χ0v) is 20.2. The number of amides is 2. The maximum atomic E-state index is 13.0. The molecule has 2 aromatic heterocycles. The predicted octanol–water partition coefficient (Wildman–Crippen LogP) is 1.16. The average Bonchev–Trinajstić information content (AvgIpc) is 3.62. The van der Waals surface area contributed by atoms with Crippen LogP contribution in [0.1, 0.15) is 33.1 Å². The molecule has 0 radical (unpaired) electrons. The van der Waals surface area contributed by atoms with Crippen LogP contribution in [0, 0.1) is 29.6 Å². The van der Waals surface area contributed by atoms with Gasteiger partial charge in [-0.25, -0.2) is 0 Å². The van der Waals surface area contributed by atoms with E-state index in [0.29, 0.717) is 12.3 Å². The molecule has 2 amide bonds. The fourth-order valence-electron chi connectivity index (χ4n) is 6.44. The first kappa shape index (κ1) is 22.8. The summed E-state index contributed by atoms with van der Waals surface area (Å²) in [6.07, 6.45) is 5.87. The van der Waals surface area contributed by atoms with Crippen molar-refractivity contribution in [3.05, 3.63) is 65.7 Å². The van der Waals surface area contributed by atoms with Crippen LogP contribution in [0.2, 0.25) is 0 Å². The SMILES string of the molecule is CC(C)CCn1c(=O)c2cc3c(=O)n(CCCN4C(=O)C5C6C=CC(C6)C5C4=O)c(=O)c3cc2c1=O. The molecule has 2 bridgehead atoms. The second kappa shape index (κ2) is 7.94. The number of benzene rings is 1. The van der Waals surface area contributed by atoms with Crippen LogP contribution in [0.4, 0.5) is 0 Å². The van der Waals surface area contributed by atoms with Gasteiger partial charge in [-0.15, -0.1) is 0 Å². The van der Waals surface area contributed by atoms with Crippen molar-refractivity contribution in [3.63, 3.8) is 0 Å². The molecule has 1 saturated carbocycles. The van der Waals surface area contributed by atoms with E-state index in [1.54, 1.807) is 0 Å². The summed E-state index contributed by atoms with van der Waals surface area (Å²) in [6.45, 7) is 4.48. The van der Waals surface area contributed by atoms with Crippen LogP contribution in [-0.4, -0.2) is 32.4 Å². The lowest BCUT2D eigenvalue weighted by Gasteiger charge is -2.16. The third-order valence-electron chi connectivity index (χ3n) is 8.32. The van der Waals surface area contributed by atoms with E-state index < -0.39 is 22.2 Å². The number of allylic oxidation sites excluding steroid dienone is 2. The second-order valence-corrected chi connectivity index (χ2v) is 10.8. The lowest BCUT2D eigenvalue weighted by Crippen LogP contribution is -2.35. The molecule has 0 N–H and O–H groups in total. The molecule has 2 aliphatic carbocycles. The lowest BCUT2D eigenvalue weighted by atomic mass is 9.85. The first-order valence-corrected chi connectivity index (χ1v) is 12.6. The van der Waals surface area contributed by atoms with Gasteiger partial charge in [0.1, 0.15) is 0 Å². The predicted molar refractivity (Wildman–Crippen MR) is 133 cm³/mol. The molecule has 1 saturated heterocycles. The van der Waals surface area contributed by atoms with Crippen LogP contribution in [0.25, 0.3) is 21.5 Å². The highest BCUT2D eigenvalue weighted by Gasteiger charge is 2.58. The molecule has 3 aromatic rings. The van der Waals surface area contributed by atoms with Crippen molar-refractivity contribution in [2.45, 2.75) is 46.2 Å². The fourth-order valence-corrected chi connectivity index (χ4v) is 6.44. The number of aromatic nitrogens is 2. The standard InChI is InChI=1S/C27H27N3O6/c1-13(2)6-9-30-24(33)18-11-16-17(12-19(18)25(30)34)23(32)28(22(16)31)7-3-8-29-26(35)20-14-4-5-15(10-14)21(20)27(29)36/h4-5,11-15,20-21H,3,6-10H2,1-2H3. The van der Waals surface area contributed by atoms with Crippen molar-refractivity contribution in [1.29, 1.82) is 0 Å². The summed E-state index contributed by atoms with van der Waals surface area (Å²) in [4.78, 5) is 78.7. The molecule has 36 heavy (non-hydrogen) atoms. The molecule has 2 fully saturated rings. The van der Waals surface area contributed by atoms with Crippen molar-refractivity contribution < 1.29 is 9.59 Å². The first-order valence-electron chi connectivity index (χ1n) is 12.6. The molecule has 3 aliphatic rings. The van der Waals surface area contributed by atoms with Gasteiger partial charge in [0.05, 0.1) is 33.4 Å². The summed E-state index contributed by atoms with van der Waals surface area (Å²) in [7, 11) is 0. The minimum absolute atomic E-state index is 0.0386. The Labute approximate surface area is 205 Å². The van der Waals surface area contributed by atoms with Gasteiger partial charge in [-0.05, 0) is 49.1 Å². The topological polar surface area (TPSA) is 116 Å². The van der Waals surface area contributed by atoms with Crippen LogP contribution < -0.4 is 22.2 Å². The maximum Gasteiger partial charge on any atom is 0.261 e. The molecule has 3 heterocycles. The molecule has 1 aromatic carbocycles. The molecule has 6 rings (SSSR count). The van der Waals surface area contributed by atoms with Gasteiger partial charge in [-0.3, -0.25) is 42.8 Å². The third-order valence-corrected chi connectivity index (χ3v) is 8.32. The summed E-state index contributed by atoms with van der Waals surface area (Å²) in [5.41, 5.74) is -1.96. The number of likely N-dealkylation sites (tertiary alicyclic amines) is 1. The number of nitrogens with zero attached hydrogens (tertiary/aromatic N) is 3. The highest BCUT2D eigenvalue weighted by molar-refractivity contribution is 6.06. The quantitative estimate of drug-likeness (QED) is 0.363. The van der Waals surface area contributed by atoms with Gasteiger partial charge in [-0.2, -0.15) is 0 Å². The molecule has 186 valence electrons. The van der Waals surface area contributed by atoms with E-state index in [-0.39, 0.29) is 83.1 Å². The number of carbonyl (C=O) groups excluding carboxylic acids is 2. The number of hydrogen-bond acceptors (Lipinski definition) is 6. The number of imide groups is 1. The van der Waals surface area contributed by atoms with E-state index >= 15 is 0 Å². The zero-order valence-electron chi connectivity index (χ0n) is 20.2. The van der Waals surface area contributed by atoms with E-state index in [1.165, 1.54) is 21.6 Å². The minimum Gasteiger partial charge on any atom is -0.282 e. The summed E-state index contributed by atoms with van der Waals surface area (Å²) >= 11 is 0. The fraction of sp³-hybridized carbons (Fsp3) is 0.481. The molecular weight excluding hydrogens is 462 g/mol. The van der Waals surface area contributed by atoms with Gasteiger partial charge in [0.2, 0.25) is 11.8 Å². The van der Waals surface area contributed by atoms with E-state index in [1.807, 2.05) is 26.0 Å². The largest absolute Gasteiger partial charge is 0.282 e. The van der Waals surface area contributed by atoms with Crippen molar-refractivity contribution in [2.75, 3.05) is 6.54 Å². The Morgan fingerprint density at radius 1 is 0.694 bits per heavy atom. The monoisotopic (exact) mass is 489 g/mol. The van der Waals surface area contributed by atoms with E-state index in [2.05, 4.69) is 0 Å². The summed E-state index contributed by atoms with van der Waals surface area (Å²) in [5, 5.41) is 0.509. The Bertz CT molecular complexity index is 1570. The highest BCUT2D eigenvalue weighted by atomic mass is 16.2. The molecule has 9 heteroatoms. The summed E-state index contributed by atoms with van der Waals surface area (Å²) < 4.78 is 2.25. The van der Waals surface area contributed by atoms with Crippen LogP contribution in [0.3, 0.4) is 0 Å². The molecule has 0 spiro atoms. The zero-order chi connectivity index (χ0) is 25.5. The van der Waals surface area contributed by atoms with Crippen molar-refractivity contribution in [2.24, 2.45) is 29.6 Å². The molecule has 4 unspecified atom stereocenters. The van der Waals surface area contributed by atoms with Gasteiger partial charge in [-0.1, -0.05) is 26.0 Å². The normalized spacial score (nSPS) is 24.9. The molecule has 1 aliphatic heterocycles. The molecular formula is C27H27N3O6. The third kappa shape index (κ3) is 3.07. The van der Waals surface area contributed by atoms with Gasteiger partial charge in [0.25, 0.3) is 22.2 Å².